The number of hydrogen-bond acceptors (Lipinski definition) is 5. The molecule has 0 saturated heterocycles. The highest BCUT2D eigenvalue weighted by Gasteiger charge is 2.12. The molecular formula is C22H16FNO4. The molecule has 3 aromatic carbocycles. The number of aromatic nitrogens is 1. The van der Waals surface area contributed by atoms with Gasteiger partial charge < -0.3 is 14.0 Å². The number of fused-ring (bicyclic) bond motifs is 1. The Hall–Kier alpha value is -3.67. The van der Waals surface area contributed by atoms with Crippen molar-refractivity contribution in [2.24, 2.45) is 0 Å². The average molecular weight is 377 g/mol. The molecule has 0 amide bonds. The first-order chi connectivity index (χ1) is 13.6. The molecule has 1 aromatic heterocycles. The Bertz CT molecular complexity index is 1120. The van der Waals surface area contributed by atoms with Crippen LogP contribution >= 0.6 is 0 Å². The zero-order valence-electron chi connectivity index (χ0n) is 15.0. The van der Waals surface area contributed by atoms with Gasteiger partial charge in [0.05, 0.1) is 12.7 Å². The smallest absolute Gasteiger partial charge is 0.337 e. The van der Waals surface area contributed by atoms with Crippen LogP contribution in [0.15, 0.2) is 71.3 Å². The normalized spacial score (nSPS) is 10.8. The minimum Gasteiger partial charge on any atom is -0.489 e. The lowest BCUT2D eigenvalue weighted by atomic mass is 10.1. The Kier molecular flexibility index (Phi) is 4.76. The average Bonchev–Trinajstić information content (AvgIpc) is 3.16. The van der Waals surface area contributed by atoms with Crippen molar-refractivity contribution in [2.75, 3.05) is 7.11 Å². The molecule has 0 unspecified atom stereocenters. The van der Waals surface area contributed by atoms with Gasteiger partial charge in [0.1, 0.15) is 23.9 Å². The number of nitrogens with zero attached hydrogens (tertiary/aromatic N) is 1. The molecule has 0 N–H and O–H groups in total. The van der Waals surface area contributed by atoms with Crippen molar-refractivity contribution in [3.63, 3.8) is 0 Å². The van der Waals surface area contributed by atoms with Crippen LogP contribution in [0.4, 0.5) is 4.39 Å². The number of ether oxygens (including phenoxy) is 2. The maximum absolute atomic E-state index is 13.1. The number of methoxy groups -OCH3 is 1. The van der Waals surface area contributed by atoms with E-state index in [4.69, 9.17) is 9.26 Å². The summed E-state index contributed by atoms with van der Waals surface area (Å²) in [5, 5.41) is 4.91. The summed E-state index contributed by atoms with van der Waals surface area (Å²) in [4.78, 5) is 11.5. The first kappa shape index (κ1) is 17.7. The third kappa shape index (κ3) is 3.57. The monoisotopic (exact) mass is 377 g/mol. The van der Waals surface area contributed by atoms with Crippen LogP contribution in [0.5, 0.6) is 5.75 Å². The van der Waals surface area contributed by atoms with E-state index in [2.05, 4.69) is 9.89 Å². The predicted molar refractivity (Wildman–Crippen MR) is 102 cm³/mol. The van der Waals surface area contributed by atoms with E-state index < -0.39 is 0 Å². The molecule has 0 spiro atoms. The van der Waals surface area contributed by atoms with Crippen LogP contribution in [0.1, 0.15) is 15.9 Å². The van der Waals surface area contributed by atoms with E-state index in [-0.39, 0.29) is 11.8 Å². The van der Waals surface area contributed by atoms with Crippen molar-refractivity contribution >= 4 is 16.9 Å². The van der Waals surface area contributed by atoms with Crippen molar-refractivity contribution in [1.82, 2.24) is 5.16 Å². The summed E-state index contributed by atoms with van der Waals surface area (Å²) in [6.45, 7) is 0.339. The lowest BCUT2D eigenvalue weighted by Gasteiger charge is -2.07. The van der Waals surface area contributed by atoms with Gasteiger partial charge in [-0.1, -0.05) is 17.3 Å². The Morgan fingerprint density at radius 1 is 1.04 bits per heavy atom. The molecule has 0 aliphatic heterocycles. The Morgan fingerprint density at radius 2 is 1.79 bits per heavy atom. The van der Waals surface area contributed by atoms with E-state index in [0.717, 1.165) is 16.5 Å². The lowest BCUT2D eigenvalue weighted by molar-refractivity contribution is 0.0600. The van der Waals surface area contributed by atoms with E-state index in [1.165, 1.54) is 19.2 Å². The highest BCUT2D eigenvalue weighted by Crippen LogP contribution is 2.30. The first-order valence-corrected chi connectivity index (χ1v) is 8.59. The fourth-order valence-electron chi connectivity index (χ4n) is 2.85. The molecule has 6 heteroatoms. The fraction of sp³-hybridized carbons (Fsp3) is 0.0909. The zero-order valence-corrected chi connectivity index (χ0v) is 15.0. The molecule has 4 aromatic rings. The van der Waals surface area contributed by atoms with Crippen LogP contribution in [-0.2, 0) is 11.3 Å². The van der Waals surface area contributed by atoms with E-state index in [1.54, 1.807) is 30.3 Å². The summed E-state index contributed by atoms with van der Waals surface area (Å²) in [5.41, 5.74) is 3.41. The van der Waals surface area contributed by atoms with Crippen molar-refractivity contribution in [2.45, 2.75) is 6.61 Å². The van der Waals surface area contributed by atoms with E-state index in [0.29, 0.717) is 29.2 Å². The molecule has 0 aliphatic rings. The van der Waals surface area contributed by atoms with Crippen LogP contribution in [0, 0.1) is 5.82 Å². The number of carbonyl (C=O) groups excluding carboxylic acids is 1. The molecule has 0 aliphatic carbocycles. The zero-order chi connectivity index (χ0) is 19.5. The molecular weight excluding hydrogens is 361 g/mol. The molecule has 1 heterocycles. The highest BCUT2D eigenvalue weighted by atomic mass is 19.1. The van der Waals surface area contributed by atoms with Crippen LogP contribution in [0.3, 0.4) is 0 Å². The summed E-state index contributed by atoms with van der Waals surface area (Å²) in [7, 11) is 1.35. The largest absolute Gasteiger partial charge is 0.489 e. The summed E-state index contributed by atoms with van der Waals surface area (Å²) < 4.78 is 29.0. The minimum absolute atomic E-state index is 0.299. The maximum Gasteiger partial charge on any atom is 0.337 e. The second kappa shape index (κ2) is 7.52. The highest BCUT2D eigenvalue weighted by molar-refractivity contribution is 5.92. The summed E-state index contributed by atoms with van der Waals surface area (Å²) in [5.74, 6) is -0.0431. The van der Waals surface area contributed by atoms with Gasteiger partial charge in [-0.25, -0.2) is 9.18 Å². The molecule has 0 radical (unpaired) electrons. The Balaban J connectivity index is 1.49. The number of esters is 1. The molecule has 140 valence electrons. The van der Waals surface area contributed by atoms with Gasteiger partial charge in [-0.15, -0.1) is 0 Å². The molecule has 0 atom stereocenters. The van der Waals surface area contributed by atoms with Crippen LogP contribution < -0.4 is 4.74 Å². The fourth-order valence-corrected chi connectivity index (χ4v) is 2.85. The third-order valence-electron chi connectivity index (χ3n) is 4.34. The first-order valence-electron chi connectivity index (χ1n) is 8.59. The van der Waals surface area contributed by atoms with Crippen LogP contribution in [0.2, 0.25) is 0 Å². The van der Waals surface area contributed by atoms with Gasteiger partial charge in [0.15, 0.2) is 5.58 Å². The van der Waals surface area contributed by atoms with Crippen molar-refractivity contribution in [1.29, 1.82) is 0 Å². The second-order valence-corrected chi connectivity index (χ2v) is 6.17. The van der Waals surface area contributed by atoms with Crippen molar-refractivity contribution in [3.8, 4) is 17.0 Å². The summed E-state index contributed by atoms with van der Waals surface area (Å²) >= 11 is 0. The molecule has 4 rings (SSSR count). The van der Waals surface area contributed by atoms with Crippen molar-refractivity contribution in [3.05, 3.63) is 83.7 Å². The van der Waals surface area contributed by atoms with Gasteiger partial charge in [-0.05, 0) is 54.1 Å². The van der Waals surface area contributed by atoms with E-state index in [9.17, 15) is 9.18 Å². The Labute approximate surface area is 160 Å². The van der Waals surface area contributed by atoms with Crippen LogP contribution in [-0.4, -0.2) is 18.2 Å². The quantitative estimate of drug-likeness (QED) is 0.458. The molecule has 0 saturated carbocycles. The number of hydrogen-bond donors (Lipinski definition) is 0. The second-order valence-electron chi connectivity index (χ2n) is 6.17. The molecule has 28 heavy (non-hydrogen) atoms. The predicted octanol–water partition coefficient (Wildman–Crippen LogP) is 5.00. The third-order valence-corrected chi connectivity index (χ3v) is 4.34. The summed E-state index contributed by atoms with van der Waals surface area (Å²) in [6.07, 6.45) is 0. The molecule has 5 nitrogen and oxygen atoms in total. The van der Waals surface area contributed by atoms with E-state index in [1.807, 2.05) is 24.3 Å². The van der Waals surface area contributed by atoms with Gasteiger partial charge in [0, 0.05) is 17.0 Å². The number of carbonyl (C=O) groups is 1. The SMILES string of the molecule is COC(=O)c1ccc(COc2ccc3c(-c4ccc(F)cc4)noc3c2)cc1. The number of benzene rings is 3. The van der Waals surface area contributed by atoms with Crippen LogP contribution in [0.25, 0.3) is 22.2 Å². The van der Waals surface area contributed by atoms with Crippen molar-refractivity contribution < 1.29 is 23.2 Å². The van der Waals surface area contributed by atoms with Gasteiger partial charge in [0.2, 0.25) is 0 Å². The van der Waals surface area contributed by atoms with Gasteiger partial charge in [-0.2, -0.15) is 0 Å². The maximum atomic E-state index is 13.1. The van der Waals surface area contributed by atoms with Gasteiger partial charge >= 0.3 is 5.97 Å². The lowest BCUT2D eigenvalue weighted by Crippen LogP contribution is -2.01. The standard InChI is InChI=1S/C22H16FNO4/c1-26-22(25)16-4-2-14(3-5-16)13-27-18-10-11-19-20(12-18)28-24-21(19)15-6-8-17(23)9-7-15/h2-12H,13H2,1H3. The molecule has 0 bridgehead atoms. The number of halogens is 1. The molecule has 0 fully saturated rings. The summed E-state index contributed by atoms with van der Waals surface area (Å²) in [6, 6.07) is 18.6. The van der Waals surface area contributed by atoms with Gasteiger partial charge in [0.25, 0.3) is 0 Å². The van der Waals surface area contributed by atoms with Gasteiger partial charge in [-0.3, -0.25) is 0 Å². The minimum atomic E-state index is -0.375. The topological polar surface area (TPSA) is 61.6 Å². The Morgan fingerprint density at radius 3 is 2.50 bits per heavy atom. The van der Waals surface area contributed by atoms with E-state index >= 15 is 0 Å². The number of rotatable bonds is 5.